The standard InChI is InChI=1S/C7H12INO2/c1-7(11)2-3-9(5-7)6(10)4-8/h11H,2-5H2,1H3. The van der Waals surface area contributed by atoms with E-state index < -0.39 is 5.60 Å². The van der Waals surface area contributed by atoms with Crippen molar-refractivity contribution in [2.45, 2.75) is 18.9 Å². The van der Waals surface area contributed by atoms with Gasteiger partial charge in [-0.05, 0) is 13.3 Å². The summed E-state index contributed by atoms with van der Waals surface area (Å²) in [5.74, 6) is 0.128. The number of carbonyl (C=O) groups is 1. The number of alkyl halides is 1. The van der Waals surface area contributed by atoms with Crippen LogP contribution in [-0.2, 0) is 4.79 Å². The number of hydrogen-bond donors (Lipinski definition) is 1. The summed E-state index contributed by atoms with van der Waals surface area (Å²) in [7, 11) is 0. The average molecular weight is 269 g/mol. The molecule has 1 N–H and O–H groups in total. The topological polar surface area (TPSA) is 40.5 Å². The van der Waals surface area contributed by atoms with Crippen LogP contribution in [0.15, 0.2) is 0 Å². The summed E-state index contributed by atoms with van der Waals surface area (Å²) in [5, 5.41) is 9.51. The van der Waals surface area contributed by atoms with Gasteiger partial charge in [0.05, 0.1) is 10.0 Å². The zero-order chi connectivity index (χ0) is 8.48. The van der Waals surface area contributed by atoms with Gasteiger partial charge in [0.15, 0.2) is 0 Å². The lowest BCUT2D eigenvalue weighted by Crippen LogP contribution is -2.34. The fourth-order valence-electron chi connectivity index (χ4n) is 1.24. The predicted molar refractivity (Wildman–Crippen MR) is 50.7 cm³/mol. The van der Waals surface area contributed by atoms with E-state index in [-0.39, 0.29) is 5.91 Å². The molecule has 1 unspecified atom stereocenters. The second-order valence-electron chi connectivity index (χ2n) is 3.20. The molecule has 0 aliphatic carbocycles. The lowest BCUT2D eigenvalue weighted by molar-refractivity contribution is -0.127. The number of rotatable bonds is 1. The normalized spacial score (nSPS) is 31.0. The number of amides is 1. The number of hydrogen-bond acceptors (Lipinski definition) is 2. The summed E-state index contributed by atoms with van der Waals surface area (Å²) in [6, 6.07) is 0. The van der Waals surface area contributed by atoms with Gasteiger partial charge in [0.1, 0.15) is 0 Å². The predicted octanol–water partition coefficient (Wildman–Crippen LogP) is 0.405. The number of likely N-dealkylation sites (tertiary alicyclic amines) is 1. The highest BCUT2D eigenvalue weighted by molar-refractivity contribution is 14.1. The van der Waals surface area contributed by atoms with E-state index >= 15 is 0 Å². The van der Waals surface area contributed by atoms with Crippen LogP contribution >= 0.6 is 22.6 Å². The van der Waals surface area contributed by atoms with Crippen molar-refractivity contribution >= 4 is 28.5 Å². The van der Waals surface area contributed by atoms with Gasteiger partial charge in [0.2, 0.25) is 5.91 Å². The number of nitrogens with zero attached hydrogens (tertiary/aromatic N) is 1. The minimum atomic E-state index is -0.651. The molecule has 1 aliphatic heterocycles. The summed E-state index contributed by atoms with van der Waals surface area (Å²) >= 11 is 2.04. The molecule has 0 saturated carbocycles. The van der Waals surface area contributed by atoms with Gasteiger partial charge in [-0.15, -0.1) is 0 Å². The van der Waals surface area contributed by atoms with Gasteiger partial charge in [-0.3, -0.25) is 4.79 Å². The number of β-amino-alcohol motifs (C(OH)–C–C–N with tert-alkyl or cyclic N) is 1. The fourth-order valence-corrected chi connectivity index (χ4v) is 1.72. The first-order chi connectivity index (χ1) is 5.05. The maximum absolute atomic E-state index is 11.1. The van der Waals surface area contributed by atoms with Gasteiger partial charge < -0.3 is 10.0 Å². The van der Waals surface area contributed by atoms with Crippen LogP contribution in [0.3, 0.4) is 0 Å². The molecule has 4 heteroatoms. The Morgan fingerprint density at radius 2 is 2.45 bits per heavy atom. The van der Waals surface area contributed by atoms with Crippen LogP contribution in [0.4, 0.5) is 0 Å². The van der Waals surface area contributed by atoms with Crippen LogP contribution in [0.25, 0.3) is 0 Å². The molecule has 11 heavy (non-hydrogen) atoms. The molecule has 1 heterocycles. The molecule has 0 spiro atoms. The van der Waals surface area contributed by atoms with Gasteiger partial charge >= 0.3 is 0 Å². The molecule has 0 radical (unpaired) electrons. The molecule has 1 aliphatic rings. The SMILES string of the molecule is CC1(O)CCN(C(=O)CI)C1. The van der Waals surface area contributed by atoms with Gasteiger partial charge in [0, 0.05) is 13.1 Å². The molecule has 1 fully saturated rings. The Balaban J connectivity index is 2.48. The minimum Gasteiger partial charge on any atom is -0.388 e. The quantitative estimate of drug-likeness (QED) is 0.553. The Bertz CT molecular complexity index is 170. The van der Waals surface area contributed by atoms with E-state index in [4.69, 9.17) is 0 Å². The lowest BCUT2D eigenvalue weighted by Gasteiger charge is -2.17. The smallest absolute Gasteiger partial charge is 0.232 e. The molecular formula is C7H12INO2. The highest BCUT2D eigenvalue weighted by atomic mass is 127. The van der Waals surface area contributed by atoms with Crippen molar-refractivity contribution in [3.8, 4) is 0 Å². The van der Waals surface area contributed by atoms with E-state index in [1.165, 1.54) is 0 Å². The lowest BCUT2D eigenvalue weighted by atomic mass is 10.1. The zero-order valence-corrected chi connectivity index (χ0v) is 8.67. The molecule has 64 valence electrons. The van der Waals surface area contributed by atoms with E-state index in [2.05, 4.69) is 0 Å². The molecule has 0 aromatic rings. The van der Waals surface area contributed by atoms with Crippen LogP contribution in [-0.4, -0.2) is 39.0 Å². The Kier molecular flexibility index (Phi) is 2.74. The monoisotopic (exact) mass is 269 g/mol. The van der Waals surface area contributed by atoms with Crippen molar-refractivity contribution in [3.05, 3.63) is 0 Å². The average Bonchev–Trinajstić information content (AvgIpc) is 2.29. The number of carbonyl (C=O) groups excluding carboxylic acids is 1. The maximum atomic E-state index is 11.1. The molecule has 0 aromatic heterocycles. The Morgan fingerprint density at radius 1 is 1.82 bits per heavy atom. The summed E-state index contributed by atoms with van der Waals surface area (Å²) in [5.41, 5.74) is -0.651. The minimum absolute atomic E-state index is 0.128. The van der Waals surface area contributed by atoms with Crippen molar-refractivity contribution in [1.82, 2.24) is 4.90 Å². The van der Waals surface area contributed by atoms with E-state index in [1.54, 1.807) is 11.8 Å². The van der Waals surface area contributed by atoms with Crippen molar-refractivity contribution in [2.24, 2.45) is 0 Å². The molecule has 1 amide bonds. The molecule has 0 aromatic carbocycles. The van der Waals surface area contributed by atoms with Crippen LogP contribution < -0.4 is 0 Å². The van der Waals surface area contributed by atoms with Gasteiger partial charge in [-0.25, -0.2) is 0 Å². The Labute approximate surface area is 79.9 Å². The first kappa shape index (κ1) is 9.25. The molecule has 1 atom stereocenters. The molecule has 3 nitrogen and oxygen atoms in total. The number of aliphatic hydroxyl groups is 1. The summed E-state index contributed by atoms with van der Waals surface area (Å²) in [6.07, 6.45) is 0.704. The second kappa shape index (κ2) is 3.26. The van der Waals surface area contributed by atoms with Crippen LogP contribution in [0.2, 0.25) is 0 Å². The Hall–Kier alpha value is 0.160. The highest BCUT2D eigenvalue weighted by Gasteiger charge is 2.33. The first-order valence-electron chi connectivity index (χ1n) is 3.61. The molecule has 1 saturated heterocycles. The second-order valence-corrected chi connectivity index (χ2v) is 3.96. The summed E-state index contributed by atoms with van der Waals surface area (Å²) < 4.78 is 0.508. The van der Waals surface area contributed by atoms with Crippen molar-refractivity contribution in [1.29, 1.82) is 0 Å². The van der Waals surface area contributed by atoms with E-state index in [9.17, 15) is 9.90 Å². The maximum Gasteiger partial charge on any atom is 0.232 e. The van der Waals surface area contributed by atoms with E-state index in [0.717, 1.165) is 0 Å². The zero-order valence-electron chi connectivity index (χ0n) is 6.51. The third-order valence-corrected chi connectivity index (χ3v) is 2.57. The largest absolute Gasteiger partial charge is 0.388 e. The first-order valence-corrected chi connectivity index (χ1v) is 5.14. The molecule has 1 rings (SSSR count). The van der Waals surface area contributed by atoms with Crippen molar-refractivity contribution in [3.63, 3.8) is 0 Å². The van der Waals surface area contributed by atoms with Crippen molar-refractivity contribution in [2.75, 3.05) is 17.5 Å². The van der Waals surface area contributed by atoms with Crippen LogP contribution in [0, 0.1) is 0 Å². The van der Waals surface area contributed by atoms with Crippen LogP contribution in [0.1, 0.15) is 13.3 Å². The third-order valence-electron chi connectivity index (χ3n) is 1.92. The fraction of sp³-hybridized carbons (Fsp3) is 0.857. The third kappa shape index (κ3) is 2.30. The van der Waals surface area contributed by atoms with E-state index in [0.29, 0.717) is 23.9 Å². The molecular weight excluding hydrogens is 257 g/mol. The number of halogens is 1. The summed E-state index contributed by atoms with van der Waals surface area (Å²) in [6.45, 7) is 2.97. The van der Waals surface area contributed by atoms with Gasteiger partial charge in [-0.1, -0.05) is 22.6 Å². The highest BCUT2D eigenvalue weighted by Crippen LogP contribution is 2.20. The summed E-state index contributed by atoms with van der Waals surface area (Å²) in [4.78, 5) is 12.8. The van der Waals surface area contributed by atoms with Crippen LogP contribution in [0.5, 0.6) is 0 Å². The van der Waals surface area contributed by atoms with E-state index in [1.807, 2.05) is 22.6 Å². The molecule has 0 bridgehead atoms. The Morgan fingerprint density at radius 3 is 2.82 bits per heavy atom. The van der Waals surface area contributed by atoms with Gasteiger partial charge in [0.25, 0.3) is 0 Å². The van der Waals surface area contributed by atoms with Gasteiger partial charge in [-0.2, -0.15) is 0 Å². The van der Waals surface area contributed by atoms with Crippen molar-refractivity contribution < 1.29 is 9.90 Å².